The van der Waals surface area contributed by atoms with Gasteiger partial charge in [-0.15, -0.1) is 0 Å². The number of hydrogen-bond acceptors (Lipinski definition) is 5. The summed E-state index contributed by atoms with van der Waals surface area (Å²) in [7, 11) is 2.52. The van der Waals surface area contributed by atoms with Crippen LogP contribution in [0, 0.1) is 0 Å². The molecule has 0 saturated heterocycles. The van der Waals surface area contributed by atoms with Crippen molar-refractivity contribution in [3.63, 3.8) is 0 Å². The zero-order chi connectivity index (χ0) is 13.2. The molecule has 7 heteroatoms. The molecule has 6 nitrogen and oxygen atoms in total. The van der Waals surface area contributed by atoms with Gasteiger partial charge in [0.05, 0.1) is 0 Å². The van der Waals surface area contributed by atoms with Crippen LogP contribution in [-0.2, 0) is 9.47 Å². The van der Waals surface area contributed by atoms with Crippen molar-refractivity contribution in [2.45, 2.75) is 14.8 Å². The number of ether oxygens (including phenoxy) is 2. The number of esters is 2. The molecular weight excluding hydrogens is 331 g/mol. The molecule has 1 rings (SSSR count). The molecule has 0 fully saturated rings. The number of hydrogen-bond donors (Lipinski definition) is 1. The molecule has 0 saturated carbocycles. The van der Waals surface area contributed by atoms with E-state index in [1.807, 2.05) is 0 Å². The number of H-pyrrole nitrogens is 1. The summed E-state index contributed by atoms with van der Waals surface area (Å²) < 4.78 is 10.0. The fourth-order valence-corrected chi connectivity index (χ4v) is 5.32. The summed E-state index contributed by atoms with van der Waals surface area (Å²) in [5.74, 6) is -1.19. The second-order valence-electron chi connectivity index (χ2n) is 4.56. The molecule has 1 heterocycles. The van der Waals surface area contributed by atoms with Gasteiger partial charge in [0.2, 0.25) is 0 Å². The zero-order valence-electron chi connectivity index (χ0n) is 10.6. The van der Waals surface area contributed by atoms with Crippen LogP contribution < -0.4 is 3.71 Å². The van der Waals surface area contributed by atoms with Crippen molar-refractivity contribution >= 4 is 34.0 Å². The summed E-state index contributed by atoms with van der Waals surface area (Å²) in [6, 6.07) is 0. The van der Waals surface area contributed by atoms with Gasteiger partial charge in [0, 0.05) is 0 Å². The van der Waals surface area contributed by atoms with Gasteiger partial charge in [0.15, 0.2) is 0 Å². The maximum atomic E-state index is 11.7. The Morgan fingerprint density at radius 3 is 2.06 bits per heavy atom. The van der Waals surface area contributed by atoms with Crippen molar-refractivity contribution in [3.8, 4) is 0 Å². The first-order valence-electron chi connectivity index (χ1n) is 5.08. The first kappa shape index (κ1) is 14.0. The van der Waals surface area contributed by atoms with Gasteiger partial charge in [0.25, 0.3) is 0 Å². The van der Waals surface area contributed by atoms with Crippen molar-refractivity contribution in [2.24, 2.45) is 0 Å². The molecule has 0 amide bonds. The average molecular weight is 347 g/mol. The molecule has 1 aromatic rings. The molecule has 0 radical (unpaired) electrons. The topological polar surface area (TPSA) is 81.3 Å². The van der Waals surface area contributed by atoms with E-state index >= 15 is 0 Å². The fraction of sp³-hybridized carbons (Fsp3) is 0.500. The Bertz CT molecular complexity index is 448. The van der Waals surface area contributed by atoms with Crippen LogP contribution in [0.3, 0.4) is 0 Å². The van der Waals surface area contributed by atoms with Crippen LogP contribution in [0.4, 0.5) is 0 Å². The van der Waals surface area contributed by atoms with E-state index in [0.29, 0.717) is 0 Å². The van der Waals surface area contributed by atoms with Gasteiger partial charge in [-0.3, -0.25) is 0 Å². The second kappa shape index (κ2) is 5.07. The minimum absolute atomic E-state index is 0.000903. The summed E-state index contributed by atoms with van der Waals surface area (Å²) in [6.45, 7) is 0. The van der Waals surface area contributed by atoms with E-state index in [-0.39, 0.29) is 11.3 Å². The Hall–Kier alpha value is -1.05. The Morgan fingerprint density at radius 1 is 1.12 bits per heavy atom. The van der Waals surface area contributed by atoms with Crippen molar-refractivity contribution < 1.29 is 19.1 Å². The normalized spacial score (nSPS) is 11.1. The number of aromatic amines is 1. The van der Waals surface area contributed by atoms with E-state index in [9.17, 15) is 9.59 Å². The van der Waals surface area contributed by atoms with Crippen LogP contribution in [0.1, 0.15) is 20.8 Å². The molecule has 0 unspecified atom stereocenters. The second-order valence-corrected chi connectivity index (χ2v) is 18.8. The van der Waals surface area contributed by atoms with Crippen LogP contribution in [0.2, 0.25) is 14.8 Å². The van der Waals surface area contributed by atoms with Crippen molar-refractivity contribution in [1.29, 1.82) is 0 Å². The molecular formula is C10H16N2O4Sn. The van der Waals surface area contributed by atoms with Gasteiger partial charge in [-0.1, -0.05) is 0 Å². The van der Waals surface area contributed by atoms with Gasteiger partial charge in [-0.05, 0) is 0 Å². The Kier molecular flexibility index (Phi) is 4.18. The molecule has 1 N–H and O–H groups in total. The van der Waals surface area contributed by atoms with Crippen LogP contribution >= 0.6 is 0 Å². The third-order valence-corrected chi connectivity index (χ3v) is 7.60. The number of carbonyl (C=O) groups excluding carboxylic acids is 2. The molecule has 1 aromatic heterocycles. The summed E-state index contributed by atoms with van der Waals surface area (Å²) in [6.07, 6.45) is 0. The van der Waals surface area contributed by atoms with E-state index in [1.165, 1.54) is 14.2 Å². The van der Waals surface area contributed by atoms with Crippen LogP contribution in [0.25, 0.3) is 0 Å². The van der Waals surface area contributed by atoms with Gasteiger partial charge >= 0.3 is 104 Å². The molecule has 0 aliphatic rings. The molecule has 0 aliphatic heterocycles. The number of nitrogens with one attached hydrogen (secondary N) is 1. The third kappa shape index (κ3) is 2.79. The van der Waals surface area contributed by atoms with Gasteiger partial charge < -0.3 is 0 Å². The van der Waals surface area contributed by atoms with E-state index in [2.05, 4.69) is 29.8 Å². The molecule has 17 heavy (non-hydrogen) atoms. The average Bonchev–Trinajstić information content (AvgIpc) is 2.70. The molecule has 0 atom stereocenters. The SMILES string of the molecule is COC(=O)c1n[nH][c]([Sn]([CH3])([CH3])[CH3])c1C(=O)OC. The molecule has 0 aromatic carbocycles. The quantitative estimate of drug-likeness (QED) is 0.637. The van der Waals surface area contributed by atoms with E-state index in [0.717, 1.165) is 3.71 Å². The number of carbonyl (C=O) groups is 2. The summed E-state index contributed by atoms with van der Waals surface area (Å²) in [5.41, 5.74) is 0.226. The monoisotopic (exact) mass is 348 g/mol. The van der Waals surface area contributed by atoms with Gasteiger partial charge in [0.1, 0.15) is 0 Å². The van der Waals surface area contributed by atoms with Crippen LogP contribution in [0.5, 0.6) is 0 Å². The molecule has 0 aliphatic carbocycles. The molecule has 94 valence electrons. The number of rotatable bonds is 3. The predicted molar refractivity (Wildman–Crippen MR) is 64.2 cm³/mol. The van der Waals surface area contributed by atoms with Crippen molar-refractivity contribution in [3.05, 3.63) is 11.3 Å². The van der Waals surface area contributed by atoms with Crippen LogP contribution in [0.15, 0.2) is 0 Å². The Labute approximate surface area is 104 Å². The summed E-state index contributed by atoms with van der Waals surface area (Å²) in [4.78, 5) is 29.6. The van der Waals surface area contributed by atoms with E-state index < -0.39 is 30.3 Å². The first-order valence-corrected chi connectivity index (χ1v) is 15.1. The van der Waals surface area contributed by atoms with E-state index in [1.54, 1.807) is 0 Å². The summed E-state index contributed by atoms with van der Waals surface area (Å²) in [5, 5.41) is 6.66. The molecule has 0 bridgehead atoms. The minimum atomic E-state index is -2.57. The van der Waals surface area contributed by atoms with Crippen molar-refractivity contribution in [2.75, 3.05) is 14.2 Å². The number of nitrogens with zero attached hydrogens (tertiary/aromatic N) is 1. The first-order chi connectivity index (χ1) is 7.82. The maximum absolute atomic E-state index is 11.7. The standard InChI is InChI=1S/C7H7N2O4.3CH3.Sn/c1-12-6(10)4-3-8-9-5(4)7(11)13-2;;;;/h1-2H3,(H,8,9);3*1H3;. The number of methoxy groups -OCH3 is 2. The third-order valence-electron chi connectivity index (χ3n) is 2.28. The van der Waals surface area contributed by atoms with Gasteiger partial charge in [-0.25, -0.2) is 0 Å². The van der Waals surface area contributed by atoms with E-state index in [4.69, 9.17) is 4.74 Å². The van der Waals surface area contributed by atoms with Gasteiger partial charge in [-0.2, -0.15) is 0 Å². The molecule has 0 spiro atoms. The van der Waals surface area contributed by atoms with Crippen LogP contribution in [-0.4, -0.2) is 54.7 Å². The Morgan fingerprint density at radius 2 is 1.65 bits per heavy atom. The van der Waals surface area contributed by atoms with Crippen molar-refractivity contribution in [1.82, 2.24) is 10.2 Å². The summed E-state index contributed by atoms with van der Waals surface area (Å²) >= 11 is -2.57. The zero-order valence-corrected chi connectivity index (χ0v) is 13.4. The predicted octanol–water partition coefficient (Wildman–Crippen LogP) is 0.528. The number of aromatic nitrogens is 2. The Balaban J connectivity index is 3.40. The fourth-order valence-electron chi connectivity index (χ4n) is 1.43.